The minimum Gasteiger partial charge on any atom is -0.237 e. The van der Waals surface area contributed by atoms with Crippen LogP contribution in [0.3, 0.4) is 0 Å². The molecule has 1 unspecified atom stereocenters. The third-order valence-electron chi connectivity index (χ3n) is 4.50. The molecule has 26 heavy (non-hydrogen) atoms. The third-order valence-corrected chi connectivity index (χ3v) is 6.64. The van der Waals surface area contributed by atoms with Crippen molar-refractivity contribution in [2.75, 3.05) is 11.5 Å². The molecular weight excluding hydrogens is 374 g/mol. The van der Waals surface area contributed by atoms with E-state index in [0.29, 0.717) is 28.8 Å². The molecule has 3 heterocycles. The van der Waals surface area contributed by atoms with Crippen molar-refractivity contribution in [3.05, 3.63) is 47.6 Å². The van der Waals surface area contributed by atoms with Gasteiger partial charge in [0.05, 0.1) is 17.0 Å². The van der Waals surface area contributed by atoms with E-state index in [1.807, 2.05) is 19.1 Å². The molecule has 1 aliphatic heterocycles. The van der Waals surface area contributed by atoms with Crippen molar-refractivity contribution in [1.82, 2.24) is 25.0 Å². The van der Waals surface area contributed by atoms with Gasteiger partial charge in [0.15, 0.2) is 21.5 Å². The van der Waals surface area contributed by atoms with E-state index in [1.165, 1.54) is 0 Å². The first-order chi connectivity index (χ1) is 12.4. The highest BCUT2D eigenvalue weighted by Crippen LogP contribution is 2.34. The predicted molar refractivity (Wildman–Crippen MR) is 98.4 cm³/mol. The van der Waals surface area contributed by atoms with Gasteiger partial charge in [0.1, 0.15) is 5.69 Å². The highest BCUT2D eigenvalue weighted by molar-refractivity contribution is 7.91. The van der Waals surface area contributed by atoms with Crippen LogP contribution in [-0.2, 0) is 15.4 Å². The van der Waals surface area contributed by atoms with Crippen molar-refractivity contribution in [2.24, 2.45) is 0 Å². The third kappa shape index (κ3) is 3.10. The lowest BCUT2D eigenvalue weighted by Crippen LogP contribution is -2.33. The summed E-state index contributed by atoms with van der Waals surface area (Å²) >= 11 is 5.96. The van der Waals surface area contributed by atoms with Gasteiger partial charge in [0.25, 0.3) is 0 Å². The number of rotatable bonds is 3. The number of halogens is 1. The van der Waals surface area contributed by atoms with E-state index in [2.05, 4.69) is 20.3 Å². The van der Waals surface area contributed by atoms with Crippen LogP contribution in [0, 0.1) is 0 Å². The van der Waals surface area contributed by atoms with Crippen LogP contribution in [0.4, 0.5) is 0 Å². The van der Waals surface area contributed by atoms with Gasteiger partial charge in [-0.05, 0) is 49.7 Å². The van der Waals surface area contributed by atoms with Gasteiger partial charge in [-0.15, -0.1) is 10.2 Å². The lowest BCUT2D eigenvalue weighted by atomic mass is 10.0. The summed E-state index contributed by atoms with van der Waals surface area (Å²) in [7, 11) is -3.10. The van der Waals surface area contributed by atoms with E-state index in [0.717, 1.165) is 5.56 Å². The van der Waals surface area contributed by atoms with E-state index in [-0.39, 0.29) is 11.5 Å². The molecule has 0 N–H and O–H groups in total. The summed E-state index contributed by atoms with van der Waals surface area (Å²) in [5.41, 5.74) is 0.664. The monoisotopic (exact) mass is 389 g/mol. The highest BCUT2D eigenvalue weighted by atomic mass is 35.5. The lowest BCUT2D eigenvalue weighted by Gasteiger charge is -2.24. The molecule has 0 amide bonds. The van der Waals surface area contributed by atoms with Crippen LogP contribution in [0.1, 0.15) is 13.3 Å². The van der Waals surface area contributed by atoms with Crippen LogP contribution in [0.5, 0.6) is 0 Å². The maximum absolute atomic E-state index is 12.1. The molecule has 134 valence electrons. The lowest BCUT2D eigenvalue weighted by molar-refractivity contribution is 0.332. The summed E-state index contributed by atoms with van der Waals surface area (Å²) in [6.07, 6.45) is 2.05. The van der Waals surface area contributed by atoms with Crippen molar-refractivity contribution in [3.63, 3.8) is 0 Å². The largest absolute Gasteiger partial charge is 0.237 e. The van der Waals surface area contributed by atoms with Crippen LogP contribution >= 0.6 is 11.6 Å². The number of nitrogens with zero attached hydrogens (tertiary/aromatic N) is 5. The normalized spacial score (nSPS) is 21.8. The fourth-order valence-corrected chi connectivity index (χ4v) is 5.39. The molecule has 0 spiro atoms. The maximum atomic E-state index is 12.1. The summed E-state index contributed by atoms with van der Waals surface area (Å²) in [6.45, 7) is 1.89. The first kappa shape index (κ1) is 17.1. The van der Waals surface area contributed by atoms with Crippen LogP contribution < -0.4 is 0 Å². The Hall–Kier alpha value is -2.32. The SMILES string of the molecule is CC1(n2nc(-c3ccc(Cl)cc3)nc2-c2cccnn2)CCS(=O)(=O)C1. The first-order valence-electron chi connectivity index (χ1n) is 8.08. The second-order valence-electron chi connectivity index (χ2n) is 6.63. The van der Waals surface area contributed by atoms with Gasteiger partial charge in [-0.3, -0.25) is 0 Å². The van der Waals surface area contributed by atoms with Crippen LogP contribution in [0.2, 0.25) is 5.02 Å². The Morgan fingerprint density at radius 1 is 1.19 bits per heavy atom. The smallest absolute Gasteiger partial charge is 0.181 e. The first-order valence-corrected chi connectivity index (χ1v) is 10.3. The van der Waals surface area contributed by atoms with Crippen LogP contribution in [0.15, 0.2) is 42.6 Å². The molecule has 1 saturated heterocycles. The van der Waals surface area contributed by atoms with Crippen molar-refractivity contribution in [1.29, 1.82) is 0 Å². The van der Waals surface area contributed by atoms with Crippen LogP contribution in [0.25, 0.3) is 22.9 Å². The topological polar surface area (TPSA) is 90.6 Å². The molecule has 4 rings (SSSR count). The summed E-state index contributed by atoms with van der Waals surface area (Å²) in [5.74, 6) is 1.16. The fraction of sp³-hybridized carbons (Fsp3) is 0.294. The molecule has 0 bridgehead atoms. The quantitative estimate of drug-likeness (QED) is 0.683. The molecule has 2 aromatic heterocycles. The van der Waals surface area contributed by atoms with E-state index < -0.39 is 15.4 Å². The Morgan fingerprint density at radius 2 is 1.96 bits per heavy atom. The van der Waals surface area contributed by atoms with Gasteiger partial charge in [-0.1, -0.05) is 11.6 Å². The van der Waals surface area contributed by atoms with Crippen molar-refractivity contribution >= 4 is 21.4 Å². The van der Waals surface area contributed by atoms with E-state index in [1.54, 1.807) is 35.1 Å². The molecule has 9 heteroatoms. The average molecular weight is 390 g/mol. The summed E-state index contributed by atoms with van der Waals surface area (Å²) in [5, 5.41) is 13.3. The molecule has 3 aromatic rings. The molecule has 0 radical (unpaired) electrons. The highest BCUT2D eigenvalue weighted by Gasteiger charge is 2.42. The van der Waals surface area contributed by atoms with Gasteiger partial charge >= 0.3 is 0 Å². The Labute approximate surface area is 156 Å². The second kappa shape index (κ2) is 6.14. The van der Waals surface area contributed by atoms with Crippen molar-refractivity contribution in [2.45, 2.75) is 18.9 Å². The second-order valence-corrected chi connectivity index (χ2v) is 9.25. The Kier molecular flexibility index (Phi) is 4.04. The van der Waals surface area contributed by atoms with Crippen molar-refractivity contribution < 1.29 is 8.42 Å². The molecule has 1 aromatic carbocycles. The maximum Gasteiger partial charge on any atom is 0.181 e. The Bertz CT molecular complexity index is 1050. The average Bonchev–Trinajstić information content (AvgIpc) is 3.19. The zero-order valence-corrected chi connectivity index (χ0v) is 15.6. The standard InChI is InChI=1S/C17H16ClN5O2S/c1-17(8-10-26(24,25)11-17)23-16(14-3-2-9-19-21-14)20-15(22-23)12-4-6-13(18)7-5-12/h2-7,9H,8,10-11H2,1H3. The van der Waals surface area contributed by atoms with Crippen LogP contribution in [-0.4, -0.2) is 44.9 Å². The Balaban J connectivity index is 1.88. The van der Waals surface area contributed by atoms with Gasteiger partial charge in [0.2, 0.25) is 0 Å². The van der Waals surface area contributed by atoms with Crippen molar-refractivity contribution in [3.8, 4) is 22.9 Å². The zero-order valence-electron chi connectivity index (χ0n) is 14.0. The summed E-state index contributed by atoms with van der Waals surface area (Å²) < 4.78 is 25.8. The van der Waals surface area contributed by atoms with Gasteiger partial charge < -0.3 is 0 Å². The molecule has 0 saturated carbocycles. The van der Waals surface area contributed by atoms with E-state index >= 15 is 0 Å². The minimum atomic E-state index is -3.10. The molecular formula is C17H16ClN5O2S. The van der Waals surface area contributed by atoms with E-state index in [9.17, 15) is 8.42 Å². The number of hydrogen-bond donors (Lipinski definition) is 0. The number of sulfone groups is 1. The molecule has 1 fully saturated rings. The van der Waals surface area contributed by atoms with Gasteiger partial charge in [0, 0.05) is 16.8 Å². The minimum absolute atomic E-state index is 0.0245. The zero-order chi connectivity index (χ0) is 18.4. The number of benzene rings is 1. The van der Waals surface area contributed by atoms with E-state index in [4.69, 9.17) is 11.6 Å². The number of aromatic nitrogens is 5. The molecule has 0 aliphatic carbocycles. The predicted octanol–water partition coefficient (Wildman–Crippen LogP) is 2.59. The molecule has 7 nitrogen and oxygen atoms in total. The Morgan fingerprint density at radius 3 is 2.58 bits per heavy atom. The summed E-state index contributed by atoms with van der Waals surface area (Å²) in [6, 6.07) is 10.7. The van der Waals surface area contributed by atoms with Gasteiger partial charge in [-0.2, -0.15) is 5.10 Å². The number of hydrogen-bond acceptors (Lipinski definition) is 6. The summed E-state index contributed by atoms with van der Waals surface area (Å²) in [4.78, 5) is 4.63. The molecule has 1 atom stereocenters. The molecule has 1 aliphatic rings. The van der Waals surface area contributed by atoms with Gasteiger partial charge in [-0.25, -0.2) is 18.1 Å². The fourth-order valence-electron chi connectivity index (χ4n) is 3.16.